The van der Waals surface area contributed by atoms with E-state index in [4.69, 9.17) is 0 Å². The van der Waals surface area contributed by atoms with E-state index in [-0.39, 0.29) is 5.91 Å². The standard InChI is InChI=1S/C22H16BrNO/c23-18-11-9-15(10-12-18)22(25)24-14-21-19-7-3-1-5-16(19)13-17-6-2-4-8-20(17)21/h1-13H,14H2,(H,24,25). The topological polar surface area (TPSA) is 29.1 Å². The van der Waals surface area contributed by atoms with E-state index in [2.05, 4.69) is 51.6 Å². The zero-order valence-corrected chi connectivity index (χ0v) is 15.1. The average molecular weight is 390 g/mol. The van der Waals surface area contributed by atoms with Gasteiger partial charge in [-0.25, -0.2) is 0 Å². The van der Waals surface area contributed by atoms with Gasteiger partial charge in [-0.3, -0.25) is 4.79 Å². The highest BCUT2D eigenvalue weighted by Crippen LogP contribution is 2.28. The maximum atomic E-state index is 12.5. The van der Waals surface area contributed by atoms with Crippen molar-refractivity contribution in [1.82, 2.24) is 5.32 Å². The fourth-order valence-electron chi connectivity index (χ4n) is 3.17. The third-order valence-electron chi connectivity index (χ3n) is 4.41. The molecule has 0 aliphatic heterocycles. The molecule has 4 rings (SSSR count). The minimum Gasteiger partial charge on any atom is -0.348 e. The van der Waals surface area contributed by atoms with Crippen LogP contribution in [-0.2, 0) is 6.54 Å². The molecular formula is C22H16BrNO. The molecule has 1 N–H and O–H groups in total. The van der Waals surface area contributed by atoms with Crippen LogP contribution in [0.15, 0.2) is 83.3 Å². The number of fused-ring (bicyclic) bond motifs is 2. The fourth-order valence-corrected chi connectivity index (χ4v) is 3.43. The molecule has 0 atom stereocenters. The second-order valence-electron chi connectivity index (χ2n) is 5.99. The van der Waals surface area contributed by atoms with Gasteiger partial charge < -0.3 is 5.32 Å². The summed E-state index contributed by atoms with van der Waals surface area (Å²) in [6, 6.07) is 26.2. The average Bonchev–Trinajstić information content (AvgIpc) is 2.65. The lowest BCUT2D eigenvalue weighted by molar-refractivity contribution is 0.0951. The number of amides is 1. The molecule has 25 heavy (non-hydrogen) atoms. The van der Waals surface area contributed by atoms with Gasteiger partial charge >= 0.3 is 0 Å². The molecule has 0 heterocycles. The van der Waals surface area contributed by atoms with Crippen LogP contribution in [0.2, 0.25) is 0 Å². The fraction of sp³-hybridized carbons (Fsp3) is 0.0455. The molecule has 4 aromatic carbocycles. The molecule has 0 aromatic heterocycles. The lowest BCUT2D eigenvalue weighted by Gasteiger charge is -2.13. The summed E-state index contributed by atoms with van der Waals surface area (Å²) >= 11 is 3.39. The summed E-state index contributed by atoms with van der Waals surface area (Å²) in [4.78, 5) is 12.5. The molecule has 0 spiro atoms. The van der Waals surface area contributed by atoms with Crippen molar-refractivity contribution in [2.75, 3.05) is 0 Å². The van der Waals surface area contributed by atoms with Crippen LogP contribution < -0.4 is 5.32 Å². The van der Waals surface area contributed by atoms with Crippen LogP contribution in [0.4, 0.5) is 0 Å². The SMILES string of the molecule is O=C(NCc1c2ccccc2cc2ccccc12)c1ccc(Br)cc1. The molecule has 0 saturated heterocycles. The van der Waals surface area contributed by atoms with Gasteiger partial charge in [0.1, 0.15) is 0 Å². The van der Waals surface area contributed by atoms with Gasteiger partial charge in [-0.15, -0.1) is 0 Å². The van der Waals surface area contributed by atoms with Gasteiger partial charge in [-0.05, 0) is 57.4 Å². The van der Waals surface area contributed by atoms with Crippen LogP contribution in [0.25, 0.3) is 21.5 Å². The number of hydrogen-bond donors (Lipinski definition) is 1. The molecule has 4 aromatic rings. The first-order chi connectivity index (χ1) is 12.2. The van der Waals surface area contributed by atoms with Gasteiger partial charge in [-0.1, -0.05) is 64.5 Å². The van der Waals surface area contributed by atoms with Gasteiger partial charge in [0.15, 0.2) is 0 Å². The quantitative estimate of drug-likeness (QED) is 0.448. The number of benzene rings is 4. The molecule has 0 radical (unpaired) electrons. The van der Waals surface area contributed by atoms with Gasteiger partial charge in [0, 0.05) is 16.6 Å². The van der Waals surface area contributed by atoms with E-state index in [1.165, 1.54) is 21.5 Å². The normalized spacial score (nSPS) is 10.9. The van der Waals surface area contributed by atoms with E-state index >= 15 is 0 Å². The second kappa shape index (κ2) is 6.69. The van der Waals surface area contributed by atoms with Crippen LogP contribution >= 0.6 is 15.9 Å². The predicted molar refractivity (Wildman–Crippen MR) is 107 cm³/mol. The van der Waals surface area contributed by atoms with Crippen LogP contribution in [0.1, 0.15) is 15.9 Å². The van der Waals surface area contributed by atoms with Gasteiger partial charge in [0.05, 0.1) is 0 Å². The summed E-state index contributed by atoms with van der Waals surface area (Å²) in [5.74, 6) is -0.0653. The van der Waals surface area contributed by atoms with Crippen molar-refractivity contribution in [3.63, 3.8) is 0 Å². The molecule has 0 fully saturated rings. The summed E-state index contributed by atoms with van der Waals surface area (Å²) in [5.41, 5.74) is 1.81. The van der Waals surface area contributed by atoms with Gasteiger partial charge in [0.25, 0.3) is 5.91 Å². The molecule has 0 aliphatic carbocycles. The summed E-state index contributed by atoms with van der Waals surface area (Å²) in [7, 11) is 0. The first kappa shape index (κ1) is 15.9. The first-order valence-electron chi connectivity index (χ1n) is 8.15. The molecule has 0 bridgehead atoms. The molecule has 122 valence electrons. The van der Waals surface area contributed by atoms with Crippen molar-refractivity contribution in [2.45, 2.75) is 6.54 Å². The van der Waals surface area contributed by atoms with E-state index in [1.807, 2.05) is 48.5 Å². The van der Waals surface area contributed by atoms with Crippen LogP contribution in [0, 0.1) is 0 Å². The Bertz CT molecular complexity index is 1020. The molecular weight excluding hydrogens is 374 g/mol. The monoisotopic (exact) mass is 389 g/mol. The molecule has 2 nitrogen and oxygen atoms in total. The summed E-state index contributed by atoms with van der Waals surface area (Å²) in [5, 5.41) is 7.80. The maximum Gasteiger partial charge on any atom is 0.251 e. The van der Waals surface area contributed by atoms with Crippen molar-refractivity contribution in [2.24, 2.45) is 0 Å². The number of hydrogen-bond acceptors (Lipinski definition) is 1. The van der Waals surface area contributed by atoms with Crippen LogP contribution in [0.5, 0.6) is 0 Å². The number of carbonyl (C=O) groups excluding carboxylic acids is 1. The minimum atomic E-state index is -0.0653. The van der Waals surface area contributed by atoms with Crippen LogP contribution in [-0.4, -0.2) is 5.91 Å². The van der Waals surface area contributed by atoms with Crippen molar-refractivity contribution < 1.29 is 4.79 Å². The Balaban J connectivity index is 1.72. The largest absolute Gasteiger partial charge is 0.348 e. The first-order valence-corrected chi connectivity index (χ1v) is 8.95. The van der Waals surface area contributed by atoms with Crippen molar-refractivity contribution in [3.05, 3.63) is 94.5 Å². The zero-order valence-electron chi connectivity index (χ0n) is 13.5. The predicted octanol–water partition coefficient (Wildman–Crippen LogP) is 5.69. The highest BCUT2D eigenvalue weighted by molar-refractivity contribution is 9.10. The molecule has 0 aliphatic rings. The van der Waals surface area contributed by atoms with E-state index in [0.717, 1.165) is 10.0 Å². The third kappa shape index (κ3) is 3.15. The maximum absolute atomic E-state index is 12.5. The number of carbonyl (C=O) groups is 1. The van der Waals surface area contributed by atoms with Gasteiger partial charge in [0.2, 0.25) is 0 Å². The molecule has 1 amide bonds. The minimum absolute atomic E-state index is 0.0653. The van der Waals surface area contributed by atoms with Crippen molar-refractivity contribution >= 4 is 43.4 Å². The number of halogens is 1. The van der Waals surface area contributed by atoms with E-state index < -0.39 is 0 Å². The van der Waals surface area contributed by atoms with Gasteiger partial charge in [-0.2, -0.15) is 0 Å². The Hall–Kier alpha value is -2.65. The Morgan fingerprint density at radius 1 is 0.800 bits per heavy atom. The second-order valence-corrected chi connectivity index (χ2v) is 6.90. The van der Waals surface area contributed by atoms with E-state index in [0.29, 0.717) is 12.1 Å². The third-order valence-corrected chi connectivity index (χ3v) is 4.94. The summed E-state index contributed by atoms with van der Waals surface area (Å²) in [6.45, 7) is 0.497. The highest BCUT2D eigenvalue weighted by Gasteiger charge is 2.10. The van der Waals surface area contributed by atoms with E-state index in [1.54, 1.807) is 0 Å². The Morgan fingerprint density at radius 2 is 1.36 bits per heavy atom. The molecule has 0 unspecified atom stereocenters. The Labute approximate surface area is 154 Å². The lowest BCUT2D eigenvalue weighted by atomic mass is 9.96. The number of rotatable bonds is 3. The zero-order chi connectivity index (χ0) is 17.2. The van der Waals surface area contributed by atoms with Crippen molar-refractivity contribution in [1.29, 1.82) is 0 Å². The number of nitrogens with one attached hydrogen (secondary N) is 1. The summed E-state index contributed by atoms with van der Waals surface area (Å²) in [6.07, 6.45) is 0. The molecule has 3 heteroatoms. The molecule has 0 saturated carbocycles. The Kier molecular flexibility index (Phi) is 4.24. The smallest absolute Gasteiger partial charge is 0.251 e. The Morgan fingerprint density at radius 3 is 1.96 bits per heavy atom. The highest BCUT2D eigenvalue weighted by atomic mass is 79.9. The summed E-state index contributed by atoms with van der Waals surface area (Å²) < 4.78 is 0.962. The van der Waals surface area contributed by atoms with E-state index in [9.17, 15) is 4.79 Å². The lowest BCUT2D eigenvalue weighted by Crippen LogP contribution is -2.23. The van der Waals surface area contributed by atoms with Crippen molar-refractivity contribution in [3.8, 4) is 0 Å². The van der Waals surface area contributed by atoms with Crippen LogP contribution in [0.3, 0.4) is 0 Å².